The van der Waals surface area contributed by atoms with Crippen molar-refractivity contribution in [2.75, 3.05) is 0 Å². The Labute approximate surface area is 260 Å². The van der Waals surface area contributed by atoms with Crippen LogP contribution in [0.3, 0.4) is 0 Å². The largest absolute Gasteiger partial charge is 0.262 e. The minimum Gasteiger partial charge on any atom is -0.237 e. The van der Waals surface area contributed by atoms with Gasteiger partial charge in [0.1, 0.15) is 35.4 Å². The first kappa shape index (κ1) is 33.9. The van der Waals surface area contributed by atoms with E-state index in [1.54, 1.807) is 0 Å². The average molecular weight is 668 g/mol. The molecule has 3 aromatic rings. The van der Waals surface area contributed by atoms with Crippen molar-refractivity contribution >= 4 is 22.5 Å². The maximum atomic E-state index is 15.4. The summed E-state index contributed by atoms with van der Waals surface area (Å²) < 4.78 is 163. The van der Waals surface area contributed by atoms with Crippen molar-refractivity contribution in [3.05, 3.63) is 137 Å². The minimum absolute atomic E-state index is 0.643. The highest BCUT2D eigenvalue weighted by Gasteiger charge is 2.45. The number of hydrogen-bond acceptors (Lipinski definition) is 4. The van der Waals surface area contributed by atoms with E-state index < -0.39 is 137 Å². The highest BCUT2D eigenvalue weighted by Crippen LogP contribution is 2.58. The molecule has 1 aliphatic carbocycles. The highest BCUT2D eigenvalue weighted by molar-refractivity contribution is 6.11. The molecule has 1 saturated carbocycles. The van der Waals surface area contributed by atoms with Crippen LogP contribution in [0, 0.1) is 129 Å². The molecule has 6 nitrogen and oxygen atoms in total. The monoisotopic (exact) mass is 668 g/mol. The van der Waals surface area contributed by atoms with Crippen LogP contribution in [0.25, 0.3) is 26.5 Å². The Morgan fingerprint density at radius 3 is 1.29 bits per heavy atom. The Kier molecular flexibility index (Phi) is 8.55. The molecule has 234 valence electrons. The molecule has 1 aliphatic rings. The van der Waals surface area contributed by atoms with Gasteiger partial charge in [-0.3, -0.25) is 0 Å². The Bertz CT molecular complexity index is 2260. The molecule has 0 radical (unpaired) electrons. The maximum absolute atomic E-state index is 15.4. The summed E-state index contributed by atoms with van der Waals surface area (Å²) in [5.74, 6) is -25.2. The van der Waals surface area contributed by atoms with E-state index in [1.165, 1.54) is 6.07 Å². The average Bonchev–Trinajstić information content (AvgIpc) is 3.78. The fourth-order valence-electron chi connectivity index (χ4n) is 4.68. The van der Waals surface area contributed by atoms with E-state index in [-0.39, 0.29) is 0 Å². The molecule has 0 aliphatic heterocycles. The van der Waals surface area contributed by atoms with Gasteiger partial charge < -0.3 is 0 Å². The van der Waals surface area contributed by atoms with Crippen LogP contribution < -0.4 is 0 Å². The zero-order valence-corrected chi connectivity index (χ0v) is 22.8. The third-order valence-electron chi connectivity index (χ3n) is 6.89. The van der Waals surface area contributed by atoms with Crippen LogP contribution in [-0.4, -0.2) is 0 Å². The standard InChI is InChI=1S/C31H3F11N6/c1-8-13(20(33)11(6-45)21(34)19(8)32)9(4-43)14-15(10(5-44)16-24(37)28(41)31(48-3)29(42)25(16)38)17(14)30(47-2)18-26(39)22(35)12(7-46)23(36)27(18)40/h1H3/b14-9+,15-10-,30-17-. The van der Waals surface area contributed by atoms with Crippen LogP contribution >= 0.6 is 0 Å². The molecular weight excluding hydrogens is 665 g/mol. The number of nitrogens with zero attached hydrogens (tertiary/aromatic N) is 6. The molecule has 0 amide bonds. The van der Waals surface area contributed by atoms with E-state index in [1.807, 2.05) is 0 Å². The zero-order valence-electron chi connectivity index (χ0n) is 22.8. The first-order chi connectivity index (χ1) is 22.6. The quantitative estimate of drug-likeness (QED) is 0.121. The molecule has 0 unspecified atom stereocenters. The molecule has 0 atom stereocenters. The fraction of sp³-hybridized carbons (Fsp3) is 0.0323. The van der Waals surface area contributed by atoms with Gasteiger partial charge in [0.25, 0.3) is 5.69 Å². The van der Waals surface area contributed by atoms with Gasteiger partial charge in [-0.15, -0.1) is 0 Å². The minimum atomic E-state index is -2.44. The van der Waals surface area contributed by atoms with Gasteiger partial charge in [-0.05, 0) is 29.2 Å². The molecule has 0 bridgehead atoms. The predicted octanol–water partition coefficient (Wildman–Crippen LogP) is 8.42. The van der Waals surface area contributed by atoms with Crippen LogP contribution in [0.1, 0.15) is 33.4 Å². The van der Waals surface area contributed by atoms with Crippen molar-refractivity contribution in [1.29, 1.82) is 21.0 Å². The van der Waals surface area contributed by atoms with Gasteiger partial charge in [0.2, 0.25) is 5.70 Å². The highest BCUT2D eigenvalue weighted by atomic mass is 19.2. The first-order valence-corrected chi connectivity index (χ1v) is 12.1. The summed E-state index contributed by atoms with van der Waals surface area (Å²) in [7, 11) is 0. The summed E-state index contributed by atoms with van der Waals surface area (Å²) in [4.78, 5) is 4.99. The summed E-state index contributed by atoms with van der Waals surface area (Å²) in [5.41, 5.74) is -19.9. The van der Waals surface area contributed by atoms with E-state index in [4.69, 9.17) is 23.7 Å². The lowest BCUT2D eigenvalue weighted by atomic mass is 9.95. The van der Waals surface area contributed by atoms with Crippen molar-refractivity contribution in [1.82, 2.24) is 0 Å². The van der Waals surface area contributed by atoms with E-state index in [9.17, 15) is 36.9 Å². The number of nitriles is 4. The van der Waals surface area contributed by atoms with Gasteiger partial charge >= 0.3 is 0 Å². The molecule has 48 heavy (non-hydrogen) atoms. The van der Waals surface area contributed by atoms with Crippen molar-refractivity contribution in [2.24, 2.45) is 0 Å². The third-order valence-corrected chi connectivity index (χ3v) is 6.89. The Hall–Kier alpha value is -6.95. The number of halogens is 11. The molecule has 0 heterocycles. The van der Waals surface area contributed by atoms with Gasteiger partial charge in [0.15, 0.2) is 64.0 Å². The molecule has 0 saturated heterocycles. The van der Waals surface area contributed by atoms with Gasteiger partial charge in [-0.2, -0.15) is 21.0 Å². The topological polar surface area (TPSA) is 104 Å². The van der Waals surface area contributed by atoms with Crippen molar-refractivity contribution in [2.45, 2.75) is 6.92 Å². The lowest BCUT2D eigenvalue weighted by molar-refractivity contribution is 0.446. The zero-order chi connectivity index (χ0) is 36.1. The molecule has 3 aromatic carbocycles. The van der Waals surface area contributed by atoms with E-state index in [0.29, 0.717) is 6.92 Å². The van der Waals surface area contributed by atoms with Crippen LogP contribution in [0.15, 0.2) is 16.7 Å². The normalized spacial score (nSPS) is 14.9. The summed E-state index contributed by atoms with van der Waals surface area (Å²) >= 11 is 0. The molecule has 0 N–H and O–H groups in total. The number of benzene rings is 3. The second-order valence-electron chi connectivity index (χ2n) is 9.20. The first-order valence-electron chi connectivity index (χ1n) is 12.1. The van der Waals surface area contributed by atoms with E-state index in [2.05, 4.69) is 9.69 Å². The number of hydrogen-bond donors (Lipinski definition) is 0. The lowest BCUT2D eigenvalue weighted by Crippen LogP contribution is -2.06. The van der Waals surface area contributed by atoms with E-state index >= 15 is 22.0 Å². The SMILES string of the molecule is [C-]#[N+]/C(=C1/C(=C(\C#N)c2c(C)c(F)c(F)c(C#N)c2F)/C1=C(\C#N)c1c(F)c(F)c([N+]#[C-])c(F)c1F)c1c(F)c(F)c(C#N)c(F)c1F. The molecular formula is C31H3F11N6. The Morgan fingerprint density at radius 1 is 0.500 bits per heavy atom. The second-order valence-corrected chi connectivity index (χ2v) is 9.20. The maximum Gasteiger partial charge on any atom is 0.262 e. The summed E-state index contributed by atoms with van der Waals surface area (Å²) in [5, 5.41) is 37.9. The smallest absolute Gasteiger partial charge is 0.237 e. The molecule has 0 aromatic heterocycles. The molecule has 17 heteroatoms. The third kappa shape index (κ3) is 4.58. The summed E-state index contributed by atoms with van der Waals surface area (Å²) in [6.07, 6.45) is 0. The summed E-state index contributed by atoms with van der Waals surface area (Å²) in [6, 6.07) is 4.08. The Balaban J connectivity index is 2.39. The number of rotatable bonds is 3. The molecule has 1 fully saturated rings. The Morgan fingerprint density at radius 2 is 0.896 bits per heavy atom. The summed E-state index contributed by atoms with van der Waals surface area (Å²) in [6.45, 7) is 14.9. The lowest BCUT2D eigenvalue weighted by Gasteiger charge is -2.10. The van der Waals surface area contributed by atoms with Crippen LogP contribution in [-0.2, 0) is 0 Å². The van der Waals surface area contributed by atoms with Crippen molar-refractivity contribution in [3.8, 4) is 24.3 Å². The van der Waals surface area contributed by atoms with Crippen molar-refractivity contribution in [3.63, 3.8) is 0 Å². The molecule has 4 rings (SSSR count). The van der Waals surface area contributed by atoms with Crippen LogP contribution in [0.2, 0.25) is 0 Å². The number of allylic oxidation sites excluding steroid dienone is 5. The van der Waals surface area contributed by atoms with Gasteiger partial charge in [0, 0.05) is 5.56 Å². The predicted molar refractivity (Wildman–Crippen MR) is 138 cm³/mol. The van der Waals surface area contributed by atoms with Gasteiger partial charge in [-0.1, -0.05) is 0 Å². The van der Waals surface area contributed by atoms with Crippen LogP contribution in [0.5, 0.6) is 0 Å². The van der Waals surface area contributed by atoms with Gasteiger partial charge in [0.05, 0.1) is 35.4 Å². The van der Waals surface area contributed by atoms with E-state index in [0.717, 1.165) is 18.2 Å². The van der Waals surface area contributed by atoms with Crippen LogP contribution in [0.4, 0.5) is 54.0 Å². The van der Waals surface area contributed by atoms with Crippen molar-refractivity contribution < 1.29 is 48.3 Å². The second kappa shape index (κ2) is 12.1. The van der Waals surface area contributed by atoms with Gasteiger partial charge in [-0.25, -0.2) is 58.0 Å². The fourth-order valence-corrected chi connectivity index (χ4v) is 4.68. The molecule has 0 spiro atoms.